The monoisotopic (exact) mass is 370 g/mol. The third kappa shape index (κ3) is 3.61. The van der Waals surface area contributed by atoms with Gasteiger partial charge in [-0.15, -0.1) is 0 Å². The van der Waals surface area contributed by atoms with Crippen LogP contribution in [0.5, 0.6) is 0 Å². The van der Waals surface area contributed by atoms with Crippen LogP contribution in [0.15, 0.2) is 70.3 Å². The standard InChI is InChI=1S/C17H12BrN3O2/c18-14-3-1-12(2-4-14)16(22)21-15-9-13(10-20-17(15)23)11-5-7-19-8-6-11/h1-10H,(H,20,23)(H,21,22)/p+1. The molecule has 3 aromatic rings. The third-order valence-corrected chi connectivity index (χ3v) is 3.89. The number of aromatic amines is 1. The smallest absolute Gasteiger partial charge is 0.323 e. The zero-order valence-electron chi connectivity index (χ0n) is 12.0. The summed E-state index contributed by atoms with van der Waals surface area (Å²) in [6.07, 6.45) is 4.98. The molecule has 1 aromatic carbocycles. The molecule has 0 atom stereocenters. The van der Waals surface area contributed by atoms with Crippen LogP contribution in [-0.4, -0.2) is 15.9 Å². The fourth-order valence-corrected chi connectivity index (χ4v) is 2.42. The van der Waals surface area contributed by atoms with Crippen molar-refractivity contribution in [2.75, 3.05) is 0 Å². The Bertz CT molecular complexity index is 890. The normalized spacial score (nSPS) is 10.5. The maximum Gasteiger partial charge on any atom is 0.347 e. The molecule has 0 radical (unpaired) electrons. The van der Waals surface area contributed by atoms with Crippen molar-refractivity contribution in [3.05, 3.63) is 81.4 Å². The predicted octanol–water partition coefficient (Wildman–Crippen LogP) is 2.23. The minimum atomic E-state index is -0.298. The van der Waals surface area contributed by atoms with Crippen LogP contribution in [0.25, 0.3) is 11.1 Å². The Morgan fingerprint density at radius 1 is 1.04 bits per heavy atom. The van der Waals surface area contributed by atoms with E-state index in [1.807, 2.05) is 12.1 Å². The van der Waals surface area contributed by atoms with Crippen LogP contribution in [0.2, 0.25) is 0 Å². The van der Waals surface area contributed by atoms with Gasteiger partial charge in [0.25, 0.3) is 0 Å². The van der Waals surface area contributed by atoms with Gasteiger partial charge in [0.15, 0.2) is 0 Å². The van der Waals surface area contributed by atoms with Gasteiger partial charge in [0.2, 0.25) is 5.69 Å². The Balaban J connectivity index is 1.89. The van der Waals surface area contributed by atoms with Crippen LogP contribution in [0, 0.1) is 0 Å². The second-order valence-corrected chi connectivity index (χ2v) is 5.84. The van der Waals surface area contributed by atoms with Gasteiger partial charge in [0, 0.05) is 34.7 Å². The molecule has 2 aromatic heterocycles. The zero-order chi connectivity index (χ0) is 16.2. The molecule has 0 saturated heterocycles. The summed E-state index contributed by atoms with van der Waals surface area (Å²) in [7, 11) is 0. The maximum absolute atomic E-state index is 12.3. The lowest BCUT2D eigenvalue weighted by molar-refractivity contribution is -0.465. The molecule has 2 heterocycles. The molecule has 0 unspecified atom stereocenters. The largest absolute Gasteiger partial charge is 0.347 e. The molecule has 6 heteroatoms. The van der Waals surface area contributed by atoms with E-state index in [1.165, 1.54) is 5.32 Å². The number of pyridine rings is 2. The number of H-pyrrole nitrogens is 1. The first-order valence-corrected chi connectivity index (χ1v) is 7.70. The number of carbonyl (C=O) groups is 1. The van der Waals surface area contributed by atoms with Crippen LogP contribution < -0.4 is 10.9 Å². The van der Waals surface area contributed by atoms with E-state index in [2.05, 4.69) is 25.9 Å². The number of nitrogens with one attached hydrogen (secondary N) is 1. The SMILES string of the molecule is O=C([NH2+]c1cc(-c2ccncc2)c[nH]c1=O)c1ccc(Br)cc1. The van der Waals surface area contributed by atoms with Crippen LogP contribution in [0.1, 0.15) is 10.4 Å². The van der Waals surface area contributed by atoms with E-state index in [1.54, 1.807) is 48.9 Å². The van der Waals surface area contributed by atoms with E-state index >= 15 is 0 Å². The minimum Gasteiger partial charge on any atom is -0.323 e. The van der Waals surface area contributed by atoms with Gasteiger partial charge in [-0.3, -0.25) is 9.78 Å². The Hall–Kier alpha value is -2.57. The minimum absolute atomic E-state index is 0.213. The quantitative estimate of drug-likeness (QED) is 0.741. The van der Waals surface area contributed by atoms with E-state index in [4.69, 9.17) is 0 Å². The molecule has 3 N–H and O–H groups in total. The number of halogens is 1. The van der Waals surface area contributed by atoms with Crippen LogP contribution in [-0.2, 0) is 0 Å². The molecular formula is C17H13BrN3O2+. The summed E-state index contributed by atoms with van der Waals surface area (Å²) in [4.78, 5) is 30.9. The molecule has 3 rings (SSSR count). The number of rotatable bonds is 3. The van der Waals surface area contributed by atoms with E-state index < -0.39 is 0 Å². The molecule has 0 aliphatic carbocycles. The summed E-state index contributed by atoms with van der Waals surface area (Å²) in [5, 5.41) is 1.35. The molecule has 0 spiro atoms. The summed E-state index contributed by atoms with van der Waals surface area (Å²) >= 11 is 3.33. The number of primary amides is 1. The Kier molecular flexibility index (Phi) is 4.45. The molecule has 23 heavy (non-hydrogen) atoms. The lowest BCUT2D eigenvalue weighted by Gasteiger charge is -2.03. The zero-order valence-corrected chi connectivity index (χ0v) is 13.6. The molecule has 0 aliphatic rings. The molecule has 0 fully saturated rings. The number of nitrogens with two attached hydrogens (primary N) is 1. The number of carbonyl (C=O) groups excluding carboxylic acids is 1. The van der Waals surface area contributed by atoms with Crippen molar-refractivity contribution in [3.63, 3.8) is 0 Å². The first-order valence-electron chi connectivity index (χ1n) is 6.91. The van der Waals surface area contributed by atoms with Gasteiger partial charge in [-0.25, -0.2) is 10.1 Å². The van der Waals surface area contributed by atoms with Crippen molar-refractivity contribution < 1.29 is 10.1 Å². The van der Waals surface area contributed by atoms with E-state index in [0.717, 1.165) is 15.6 Å². The average molecular weight is 371 g/mol. The first-order chi connectivity index (χ1) is 11.1. The predicted molar refractivity (Wildman–Crippen MR) is 90.4 cm³/mol. The van der Waals surface area contributed by atoms with Crippen LogP contribution >= 0.6 is 15.9 Å². The molecule has 0 bridgehead atoms. The van der Waals surface area contributed by atoms with E-state index in [-0.39, 0.29) is 11.5 Å². The summed E-state index contributed by atoms with van der Waals surface area (Å²) in [5.74, 6) is -0.213. The highest BCUT2D eigenvalue weighted by Crippen LogP contribution is 2.17. The molecule has 0 saturated carbocycles. The van der Waals surface area contributed by atoms with Gasteiger partial charge in [0.1, 0.15) is 0 Å². The van der Waals surface area contributed by atoms with Gasteiger partial charge in [-0.1, -0.05) is 15.9 Å². The van der Waals surface area contributed by atoms with Gasteiger partial charge in [0.05, 0.1) is 5.56 Å². The fraction of sp³-hybridized carbons (Fsp3) is 0. The highest BCUT2D eigenvalue weighted by molar-refractivity contribution is 9.10. The Morgan fingerprint density at radius 2 is 1.74 bits per heavy atom. The number of hydrogen-bond donors (Lipinski definition) is 2. The van der Waals surface area contributed by atoms with Crippen molar-refractivity contribution in [3.8, 4) is 11.1 Å². The summed E-state index contributed by atoms with van der Waals surface area (Å²) in [5.41, 5.74) is 2.30. The van der Waals surface area contributed by atoms with Crippen LogP contribution in [0.3, 0.4) is 0 Å². The first kappa shape index (κ1) is 15.3. The maximum atomic E-state index is 12.3. The highest BCUT2D eigenvalue weighted by atomic mass is 79.9. The van der Waals surface area contributed by atoms with Crippen LogP contribution in [0.4, 0.5) is 5.69 Å². The summed E-state index contributed by atoms with van der Waals surface area (Å²) in [6.45, 7) is 0. The second kappa shape index (κ2) is 6.68. The number of aromatic nitrogens is 2. The molecular weight excluding hydrogens is 358 g/mol. The number of amides is 1. The van der Waals surface area contributed by atoms with Crippen molar-refractivity contribution in [2.24, 2.45) is 0 Å². The number of benzene rings is 1. The Morgan fingerprint density at radius 3 is 2.43 bits per heavy atom. The average Bonchev–Trinajstić information content (AvgIpc) is 2.58. The topological polar surface area (TPSA) is 79.4 Å². The van der Waals surface area contributed by atoms with Gasteiger partial charge >= 0.3 is 11.5 Å². The molecule has 1 amide bonds. The molecule has 5 nitrogen and oxygen atoms in total. The highest BCUT2D eigenvalue weighted by Gasteiger charge is 2.15. The van der Waals surface area contributed by atoms with Crippen molar-refractivity contribution in [1.82, 2.24) is 9.97 Å². The van der Waals surface area contributed by atoms with E-state index in [0.29, 0.717) is 11.3 Å². The van der Waals surface area contributed by atoms with E-state index in [9.17, 15) is 9.59 Å². The van der Waals surface area contributed by atoms with Gasteiger partial charge in [-0.05, 0) is 42.0 Å². The molecule has 0 aliphatic heterocycles. The number of quaternary nitrogens is 1. The lowest BCUT2D eigenvalue weighted by atomic mass is 10.1. The number of nitrogens with zero attached hydrogens (tertiary/aromatic N) is 1. The van der Waals surface area contributed by atoms with Crippen molar-refractivity contribution in [2.45, 2.75) is 0 Å². The summed E-state index contributed by atoms with van der Waals surface area (Å²) < 4.78 is 0.895. The fourth-order valence-electron chi connectivity index (χ4n) is 2.16. The third-order valence-electron chi connectivity index (χ3n) is 3.36. The Labute approximate surface area is 140 Å². The van der Waals surface area contributed by atoms with Gasteiger partial charge in [-0.2, -0.15) is 0 Å². The van der Waals surface area contributed by atoms with Crippen molar-refractivity contribution >= 4 is 27.5 Å². The molecule has 114 valence electrons. The van der Waals surface area contributed by atoms with Crippen molar-refractivity contribution in [1.29, 1.82) is 0 Å². The summed E-state index contributed by atoms with van der Waals surface area (Å²) in [6, 6.07) is 12.4. The van der Waals surface area contributed by atoms with Gasteiger partial charge < -0.3 is 4.98 Å². The number of hydrogen-bond acceptors (Lipinski definition) is 3. The lowest BCUT2D eigenvalue weighted by Crippen LogP contribution is -2.84. The second-order valence-electron chi connectivity index (χ2n) is 4.92.